The molecule has 0 spiro atoms. The smallest absolute Gasteiger partial charge is 0.297 e. The first kappa shape index (κ1) is 18.3. The summed E-state index contributed by atoms with van der Waals surface area (Å²) in [7, 11) is -0.815. The number of rotatable bonds is 10. The molecule has 5 heteroatoms. The molecule has 0 bridgehead atoms. The molecule has 1 rings (SSSR count). The van der Waals surface area contributed by atoms with Gasteiger partial charge in [0.2, 0.25) is 9.68 Å². The molecule has 1 aromatic rings. The van der Waals surface area contributed by atoms with Crippen LogP contribution in [0, 0.1) is 5.92 Å². The summed E-state index contributed by atoms with van der Waals surface area (Å²) in [6.45, 7) is 8.61. The third-order valence-corrected chi connectivity index (χ3v) is 4.07. The van der Waals surface area contributed by atoms with Gasteiger partial charge >= 0.3 is 0 Å². The predicted octanol–water partition coefficient (Wildman–Crippen LogP) is 4.10. The summed E-state index contributed by atoms with van der Waals surface area (Å²) >= 11 is 0. The lowest BCUT2D eigenvalue weighted by molar-refractivity contribution is 0.0990. The second-order valence-corrected chi connectivity index (χ2v) is 6.47. The second kappa shape index (κ2) is 10.9. The van der Waals surface area contributed by atoms with Gasteiger partial charge in [0.1, 0.15) is 5.75 Å². The summed E-state index contributed by atoms with van der Waals surface area (Å²) in [5, 5.41) is 3.74. The van der Waals surface area contributed by atoms with Crippen molar-refractivity contribution in [2.24, 2.45) is 15.8 Å². The summed E-state index contributed by atoms with van der Waals surface area (Å²) < 4.78 is 9.78. The van der Waals surface area contributed by atoms with Gasteiger partial charge in [-0.1, -0.05) is 50.9 Å². The summed E-state index contributed by atoms with van der Waals surface area (Å²) in [5.41, 5.74) is 2.22. The van der Waals surface area contributed by atoms with Crippen molar-refractivity contribution in [3.8, 4) is 5.75 Å². The van der Waals surface area contributed by atoms with Gasteiger partial charge in [-0.2, -0.15) is 0 Å². The highest BCUT2D eigenvalue weighted by Crippen LogP contribution is 2.21. The molecular formula is C17H26N2O2Si. The number of benzene rings is 1. The molecule has 1 atom stereocenters. The molecule has 1 unspecified atom stereocenters. The molecule has 0 saturated carbocycles. The molecule has 0 saturated heterocycles. The Hall–Kier alpha value is -1.75. The summed E-state index contributed by atoms with van der Waals surface area (Å²) in [5.74, 6) is 0.783. The van der Waals surface area contributed by atoms with Gasteiger partial charge in [-0.25, -0.2) is 4.78 Å². The summed E-state index contributed by atoms with van der Waals surface area (Å²) in [6.07, 6.45) is 4.65. The number of hydrogen-bond donors (Lipinski definition) is 0. The fraction of sp³-hybridized carbons (Fsp3) is 0.471. The Kier molecular flexibility index (Phi) is 9.06. The van der Waals surface area contributed by atoms with Crippen LogP contribution in [0.3, 0.4) is 0 Å². The highest BCUT2D eigenvalue weighted by atomic mass is 28.2. The van der Waals surface area contributed by atoms with Crippen molar-refractivity contribution in [1.29, 1.82) is 0 Å². The molecule has 4 nitrogen and oxygen atoms in total. The minimum atomic E-state index is -0.815. The highest BCUT2D eigenvalue weighted by molar-refractivity contribution is 6.39. The molecule has 0 aromatic heterocycles. The van der Waals surface area contributed by atoms with Crippen molar-refractivity contribution in [2.45, 2.75) is 39.5 Å². The maximum Gasteiger partial charge on any atom is 0.297 e. The second-order valence-electron chi connectivity index (χ2n) is 5.24. The Morgan fingerprint density at radius 1 is 1.41 bits per heavy atom. The zero-order valence-electron chi connectivity index (χ0n) is 13.6. The van der Waals surface area contributed by atoms with E-state index >= 15 is 0 Å². The van der Waals surface area contributed by atoms with E-state index in [9.17, 15) is 4.79 Å². The molecule has 0 radical (unpaired) electrons. The Balaban J connectivity index is 2.70. The van der Waals surface area contributed by atoms with Gasteiger partial charge in [-0.05, 0) is 24.5 Å². The van der Waals surface area contributed by atoms with E-state index in [1.165, 1.54) is 12.8 Å². The van der Waals surface area contributed by atoms with Gasteiger partial charge in [0, 0.05) is 0 Å². The number of amides is 1. The maximum atomic E-state index is 12.1. The number of carbonyl (C=O) groups is 1. The van der Waals surface area contributed by atoms with E-state index < -0.39 is 9.68 Å². The van der Waals surface area contributed by atoms with Gasteiger partial charge in [0.15, 0.2) is 0 Å². The molecular weight excluding hydrogens is 292 g/mol. The van der Waals surface area contributed by atoms with Crippen molar-refractivity contribution >= 4 is 15.6 Å². The van der Waals surface area contributed by atoms with Crippen LogP contribution >= 0.6 is 0 Å². The number of nitrogens with zero attached hydrogens (tertiary/aromatic N) is 2. The quantitative estimate of drug-likeness (QED) is 0.481. The monoisotopic (exact) mass is 318 g/mol. The Morgan fingerprint density at radius 2 is 2.18 bits per heavy atom. The van der Waals surface area contributed by atoms with Crippen LogP contribution in [0.25, 0.3) is 0 Å². The van der Waals surface area contributed by atoms with Gasteiger partial charge in [-0.3, -0.25) is 4.79 Å². The van der Waals surface area contributed by atoms with E-state index in [-0.39, 0.29) is 5.91 Å². The molecule has 1 amide bonds. The number of ether oxygens (including phenoxy) is 1. The Morgan fingerprint density at radius 3 is 2.86 bits per heavy atom. The van der Waals surface area contributed by atoms with E-state index in [2.05, 4.69) is 30.3 Å². The first-order valence-electron chi connectivity index (χ1n) is 7.97. The topological polar surface area (TPSA) is 51.0 Å². The fourth-order valence-electron chi connectivity index (χ4n) is 2.09. The lowest BCUT2D eigenvalue weighted by Crippen LogP contribution is -2.13. The molecule has 0 heterocycles. The van der Waals surface area contributed by atoms with Crippen LogP contribution in [0.4, 0.5) is 0 Å². The van der Waals surface area contributed by atoms with Crippen molar-refractivity contribution < 1.29 is 9.53 Å². The van der Waals surface area contributed by atoms with Crippen molar-refractivity contribution in [1.82, 2.24) is 0 Å². The lowest BCUT2D eigenvalue weighted by Gasteiger charge is -2.16. The average Bonchev–Trinajstić information content (AvgIpc) is 2.55. The summed E-state index contributed by atoms with van der Waals surface area (Å²) in [6, 6.07) is 7.24. The van der Waals surface area contributed by atoms with E-state index in [1.807, 2.05) is 18.2 Å². The molecule has 0 N–H and O–H groups in total. The minimum absolute atomic E-state index is 0.341. The Labute approximate surface area is 135 Å². The number of hydrogen-bond acceptors (Lipinski definition) is 3. The molecule has 0 aliphatic carbocycles. The van der Waals surface area contributed by atoms with E-state index in [0.717, 1.165) is 12.8 Å². The molecule has 0 aliphatic heterocycles. The van der Waals surface area contributed by atoms with E-state index in [0.29, 0.717) is 23.8 Å². The fourth-order valence-corrected chi connectivity index (χ4v) is 2.42. The molecule has 1 aromatic carbocycles. The van der Waals surface area contributed by atoms with Gasteiger partial charge in [0.25, 0.3) is 5.91 Å². The number of unbranched alkanes of at least 4 members (excludes halogenated alkanes) is 1. The van der Waals surface area contributed by atoms with E-state index in [4.69, 9.17) is 4.74 Å². The zero-order chi connectivity index (χ0) is 16.2. The third-order valence-electron chi connectivity index (χ3n) is 3.51. The van der Waals surface area contributed by atoms with Crippen molar-refractivity contribution in [2.75, 3.05) is 6.61 Å². The van der Waals surface area contributed by atoms with Crippen LogP contribution in [0.15, 0.2) is 46.4 Å². The largest absolute Gasteiger partial charge is 0.492 e. The maximum absolute atomic E-state index is 12.1. The van der Waals surface area contributed by atoms with Crippen LogP contribution < -0.4 is 4.74 Å². The van der Waals surface area contributed by atoms with Gasteiger partial charge in [0.05, 0.1) is 12.2 Å². The Bertz CT molecular complexity index is 503. The van der Waals surface area contributed by atoms with Gasteiger partial charge in [-0.15, -0.1) is 11.7 Å². The van der Waals surface area contributed by atoms with Gasteiger partial charge < -0.3 is 4.74 Å². The summed E-state index contributed by atoms with van der Waals surface area (Å²) in [4.78, 5) is 12.1. The van der Waals surface area contributed by atoms with Crippen LogP contribution in [0.5, 0.6) is 5.75 Å². The first-order valence-corrected chi connectivity index (χ1v) is 9.42. The highest BCUT2D eigenvalue weighted by Gasteiger charge is 2.13. The standard InChI is InChI=1S/C17H26N2O2Si/c1-4-7-10-14(5-2)13-21-16-12-9-8-11-15(16)17(20)18-19-22-6-3/h6,8-9,11-12,14H,3-5,7,10,13,22H2,1-2H3. The molecule has 0 aliphatic rings. The minimum Gasteiger partial charge on any atom is -0.492 e. The molecule has 0 fully saturated rings. The van der Waals surface area contributed by atoms with Crippen molar-refractivity contribution in [3.05, 3.63) is 42.1 Å². The van der Waals surface area contributed by atoms with Crippen LogP contribution in [-0.4, -0.2) is 22.2 Å². The first-order chi connectivity index (χ1) is 10.7. The zero-order valence-corrected chi connectivity index (χ0v) is 15.0. The van der Waals surface area contributed by atoms with Crippen LogP contribution in [-0.2, 0) is 0 Å². The average molecular weight is 318 g/mol. The third kappa shape index (κ3) is 6.35. The molecule has 120 valence electrons. The van der Waals surface area contributed by atoms with E-state index in [1.54, 1.807) is 11.8 Å². The van der Waals surface area contributed by atoms with Crippen LogP contribution in [0.2, 0.25) is 0 Å². The number of carbonyl (C=O) groups excluding carboxylic acids is 1. The number of para-hydroxylation sites is 1. The SMILES string of the molecule is C=C[SiH2]N=NC(=O)c1ccccc1OCC(CC)CCCC. The van der Waals surface area contributed by atoms with Crippen LogP contribution in [0.1, 0.15) is 49.9 Å². The normalized spacial score (nSPS) is 12.8. The lowest BCUT2D eigenvalue weighted by atomic mass is 10.0. The molecule has 22 heavy (non-hydrogen) atoms. The van der Waals surface area contributed by atoms with Crippen molar-refractivity contribution in [3.63, 3.8) is 0 Å². The predicted molar refractivity (Wildman–Crippen MR) is 93.2 cm³/mol.